The van der Waals surface area contributed by atoms with Crippen LogP contribution in [0.15, 0.2) is 130 Å². The predicted molar refractivity (Wildman–Crippen MR) is 174 cm³/mol. The molecule has 0 fully saturated rings. The average Bonchev–Trinajstić information content (AvgIpc) is 3.18. The van der Waals surface area contributed by atoms with Crippen molar-refractivity contribution >= 4 is 51.6 Å². The first kappa shape index (κ1) is 25.7. The number of rotatable bonds is 5. The summed E-state index contributed by atoms with van der Waals surface area (Å²) in [5.74, 6) is 0. The summed E-state index contributed by atoms with van der Waals surface area (Å²) in [7, 11) is -1.52. The zero-order valence-corrected chi connectivity index (χ0v) is 24.4. The third kappa shape index (κ3) is 4.72. The highest BCUT2D eigenvalue weighted by atomic mass is 31.1. The number of aryl methyl sites for hydroxylation is 2. The van der Waals surface area contributed by atoms with Crippen LogP contribution in [0.2, 0.25) is 0 Å². The zero-order valence-electron chi connectivity index (χ0n) is 23.5. The zero-order chi connectivity index (χ0) is 27.9. The fourth-order valence-electron chi connectivity index (χ4n) is 5.90. The van der Waals surface area contributed by atoms with E-state index in [0.29, 0.717) is 6.54 Å². The van der Waals surface area contributed by atoms with Crippen molar-refractivity contribution < 1.29 is 8.39 Å². The predicted octanol–water partition coefficient (Wildman–Crippen LogP) is 11.1. The first-order valence-corrected chi connectivity index (χ1v) is 15.3. The van der Waals surface area contributed by atoms with E-state index in [2.05, 4.69) is 147 Å². The lowest BCUT2D eigenvalue weighted by atomic mass is 9.99. The topological polar surface area (TPSA) is 29.5 Å². The van der Waals surface area contributed by atoms with E-state index in [1.807, 2.05) is 0 Å². The van der Waals surface area contributed by atoms with Gasteiger partial charge in [0.05, 0.1) is 0 Å². The molecule has 0 amide bonds. The molecule has 7 aromatic rings. The van der Waals surface area contributed by atoms with Crippen molar-refractivity contribution in [1.82, 2.24) is 0 Å². The van der Waals surface area contributed by atoms with Crippen LogP contribution >= 0.6 is 8.16 Å². The molecule has 0 saturated heterocycles. The second-order valence-corrected chi connectivity index (χ2v) is 12.2. The molecule has 0 saturated carbocycles. The molecule has 41 heavy (non-hydrogen) atoms. The van der Waals surface area contributed by atoms with E-state index in [9.17, 15) is 0 Å². The lowest BCUT2D eigenvalue weighted by molar-refractivity contribution is 0.593. The van der Waals surface area contributed by atoms with Crippen molar-refractivity contribution in [2.75, 3.05) is 4.67 Å². The number of hydrogen-bond acceptors (Lipinski definition) is 3. The number of hydrogen-bond donors (Lipinski definition) is 0. The summed E-state index contributed by atoms with van der Waals surface area (Å²) in [5, 5.41) is 6.90. The normalized spacial score (nSPS) is 12.5. The minimum absolute atomic E-state index is 0.0638. The molecule has 0 N–H and O–H groups in total. The first-order valence-electron chi connectivity index (χ1n) is 14.1. The number of benzene rings is 6. The van der Waals surface area contributed by atoms with Crippen molar-refractivity contribution in [1.29, 1.82) is 0 Å². The first-order chi connectivity index (χ1) is 20.1. The molecule has 1 aromatic heterocycles. The van der Waals surface area contributed by atoms with E-state index in [0.717, 1.165) is 21.9 Å². The van der Waals surface area contributed by atoms with Crippen molar-refractivity contribution in [3.63, 3.8) is 0 Å². The largest absolute Gasteiger partial charge is 0.408 e. The molecular weight excluding hydrogens is 521 g/mol. The Balaban J connectivity index is 1.56. The molecule has 0 unspecified atom stereocenters. The molecule has 7 rings (SSSR count). The van der Waals surface area contributed by atoms with Gasteiger partial charge < -0.3 is 8.39 Å². The van der Waals surface area contributed by atoms with Crippen LogP contribution in [0.1, 0.15) is 35.2 Å². The van der Waals surface area contributed by atoms with Crippen molar-refractivity contribution in [2.45, 2.75) is 33.4 Å². The van der Waals surface area contributed by atoms with Crippen LogP contribution in [0.4, 0.5) is 0 Å². The van der Waals surface area contributed by atoms with Crippen molar-refractivity contribution in [3.05, 3.63) is 144 Å². The van der Waals surface area contributed by atoms with Gasteiger partial charge in [0.1, 0.15) is 11.2 Å². The maximum Gasteiger partial charge on any atom is 0.310 e. The summed E-state index contributed by atoms with van der Waals surface area (Å²) >= 11 is 0. The lowest BCUT2D eigenvalue weighted by Gasteiger charge is -2.26. The summed E-state index contributed by atoms with van der Waals surface area (Å²) < 4.78 is 16.4. The standard InChI is InChI=1S/C37H32NO2P/c1-25-17-18-31(26(2)23-25)24-38(27(3)28-11-5-4-6-12-28)41-39-34-21-19-29-13-7-9-15-32(29)36(34)37-33-16-10-8-14-30(33)20-22-35(37)40-41/h4-23,27H,24H2,1-3H3/t27-/m1/s1. The van der Waals surface area contributed by atoms with Gasteiger partial charge in [-0.25, -0.2) is 0 Å². The Morgan fingerprint density at radius 1 is 0.634 bits per heavy atom. The average molecular weight is 554 g/mol. The monoisotopic (exact) mass is 553 g/mol. The highest BCUT2D eigenvalue weighted by Gasteiger charge is 2.24. The Morgan fingerprint density at radius 3 is 1.78 bits per heavy atom. The van der Waals surface area contributed by atoms with Gasteiger partial charge in [0.25, 0.3) is 0 Å². The fourth-order valence-corrected chi connectivity index (χ4v) is 7.47. The summed E-state index contributed by atoms with van der Waals surface area (Å²) in [6.07, 6.45) is 0. The van der Waals surface area contributed by atoms with Crippen LogP contribution in [0.3, 0.4) is 0 Å². The van der Waals surface area contributed by atoms with Gasteiger partial charge in [-0.2, -0.15) is 4.67 Å². The van der Waals surface area contributed by atoms with E-state index >= 15 is 0 Å². The van der Waals surface area contributed by atoms with Crippen molar-refractivity contribution in [2.24, 2.45) is 0 Å². The van der Waals surface area contributed by atoms with E-state index in [-0.39, 0.29) is 6.04 Å². The van der Waals surface area contributed by atoms with Crippen LogP contribution in [0, 0.1) is 13.8 Å². The van der Waals surface area contributed by atoms with Gasteiger partial charge in [-0.05, 0) is 71.1 Å². The SMILES string of the molecule is Cc1ccc(CN([C@H](C)c2ccccc2)p2oc3ccc4ccccc4c3c3c(ccc4ccccc43)o2)c(C)c1. The van der Waals surface area contributed by atoms with Crippen LogP contribution in [-0.4, -0.2) is 0 Å². The maximum atomic E-state index is 7.01. The van der Waals surface area contributed by atoms with Crippen LogP contribution in [0.5, 0.6) is 0 Å². The van der Waals surface area contributed by atoms with E-state index in [4.69, 9.17) is 8.39 Å². The minimum atomic E-state index is -1.52. The second kappa shape index (κ2) is 10.6. The maximum absolute atomic E-state index is 7.01. The second-order valence-electron chi connectivity index (χ2n) is 10.9. The Hall–Kier alpha value is -4.30. The highest BCUT2D eigenvalue weighted by molar-refractivity contribution is 7.38. The summed E-state index contributed by atoms with van der Waals surface area (Å²) in [5.41, 5.74) is 6.76. The molecule has 1 atom stereocenters. The minimum Gasteiger partial charge on any atom is -0.408 e. The van der Waals surface area contributed by atoms with Crippen molar-refractivity contribution in [3.8, 4) is 0 Å². The Bertz CT molecular complexity index is 1980. The Labute approximate surface area is 241 Å². The molecule has 0 aliphatic rings. The molecule has 1 heterocycles. The quantitative estimate of drug-likeness (QED) is 0.212. The molecule has 0 aliphatic carbocycles. The van der Waals surface area contributed by atoms with Gasteiger partial charge in [0.15, 0.2) is 0 Å². The van der Waals surface area contributed by atoms with Crippen LogP contribution in [-0.2, 0) is 6.54 Å². The molecule has 0 bridgehead atoms. The van der Waals surface area contributed by atoms with Gasteiger partial charge in [0, 0.05) is 23.4 Å². The fraction of sp³-hybridized carbons (Fsp3) is 0.135. The third-order valence-corrected chi connectivity index (χ3v) is 9.77. The summed E-state index contributed by atoms with van der Waals surface area (Å²) in [4.78, 5) is 0. The molecule has 6 aromatic carbocycles. The van der Waals surface area contributed by atoms with Gasteiger partial charge in [-0.1, -0.05) is 115 Å². The summed E-state index contributed by atoms with van der Waals surface area (Å²) in [6.45, 7) is 7.30. The molecule has 3 nitrogen and oxygen atoms in total. The molecule has 4 heteroatoms. The highest BCUT2D eigenvalue weighted by Crippen LogP contribution is 2.45. The number of nitrogens with zero attached hydrogens (tertiary/aromatic N) is 1. The number of fused-ring (bicyclic) bond motifs is 7. The molecule has 0 aliphatic heterocycles. The van der Waals surface area contributed by atoms with Gasteiger partial charge in [-0.3, -0.25) is 0 Å². The van der Waals surface area contributed by atoms with Crippen LogP contribution in [0.25, 0.3) is 43.5 Å². The van der Waals surface area contributed by atoms with E-state index in [1.54, 1.807) is 0 Å². The lowest BCUT2D eigenvalue weighted by Crippen LogP contribution is -2.23. The third-order valence-electron chi connectivity index (χ3n) is 8.15. The van der Waals surface area contributed by atoms with Crippen LogP contribution < -0.4 is 4.67 Å². The molecule has 0 radical (unpaired) electrons. The summed E-state index contributed by atoms with van der Waals surface area (Å²) in [6, 6.07) is 43.1. The molecule has 0 spiro atoms. The van der Waals surface area contributed by atoms with Gasteiger partial charge in [0.2, 0.25) is 0 Å². The Morgan fingerprint density at radius 2 is 1.20 bits per heavy atom. The molecular formula is C37H32NO2P. The smallest absolute Gasteiger partial charge is 0.310 e. The Kier molecular flexibility index (Phi) is 6.63. The van der Waals surface area contributed by atoms with E-state index in [1.165, 1.54) is 43.8 Å². The van der Waals surface area contributed by atoms with Gasteiger partial charge in [-0.15, -0.1) is 0 Å². The van der Waals surface area contributed by atoms with Gasteiger partial charge >= 0.3 is 8.16 Å². The van der Waals surface area contributed by atoms with E-state index < -0.39 is 8.16 Å². The molecule has 202 valence electrons.